The van der Waals surface area contributed by atoms with Crippen molar-refractivity contribution in [1.29, 1.82) is 0 Å². The molecule has 1 radical (unpaired) electrons. The second-order valence-corrected chi connectivity index (χ2v) is 6.34. The van der Waals surface area contributed by atoms with Gasteiger partial charge in [0.2, 0.25) is 0 Å². The SMILES string of the molecule is CC(O)Oc1ccccc1.CCOC(=O)c1ccc(O)cc1.COC(=O)c1ccc(O)cc1.[Na]. The van der Waals surface area contributed by atoms with Crippen molar-refractivity contribution in [2.75, 3.05) is 13.7 Å². The van der Waals surface area contributed by atoms with Crippen molar-refractivity contribution in [3.8, 4) is 17.2 Å². The summed E-state index contributed by atoms with van der Waals surface area (Å²) in [7, 11) is 1.31. The fourth-order valence-electron chi connectivity index (χ4n) is 2.22. The predicted molar refractivity (Wildman–Crippen MR) is 128 cm³/mol. The third-order valence-corrected chi connectivity index (χ3v) is 3.72. The summed E-state index contributed by atoms with van der Waals surface area (Å²) >= 11 is 0. The quantitative estimate of drug-likeness (QED) is 0.287. The molecule has 0 bridgehead atoms. The number of carbonyl (C=O) groups excluding carboxylic acids is 2. The molecule has 3 aromatic rings. The monoisotopic (exact) mass is 479 g/mol. The Labute approximate surface area is 221 Å². The third-order valence-electron chi connectivity index (χ3n) is 3.72. The molecule has 3 rings (SSSR count). The number of para-hydroxylation sites is 1. The van der Waals surface area contributed by atoms with Crippen molar-refractivity contribution in [3.05, 3.63) is 90.0 Å². The summed E-state index contributed by atoms with van der Waals surface area (Å²) < 4.78 is 14.2. The van der Waals surface area contributed by atoms with Crippen molar-refractivity contribution in [2.24, 2.45) is 0 Å². The molecule has 0 fully saturated rings. The van der Waals surface area contributed by atoms with E-state index in [2.05, 4.69) is 4.74 Å². The molecule has 0 heterocycles. The number of carbonyl (C=O) groups is 2. The molecule has 1 atom stereocenters. The van der Waals surface area contributed by atoms with Crippen LogP contribution in [-0.2, 0) is 9.47 Å². The van der Waals surface area contributed by atoms with Crippen LogP contribution < -0.4 is 4.74 Å². The van der Waals surface area contributed by atoms with Gasteiger partial charge in [-0.15, -0.1) is 0 Å². The van der Waals surface area contributed by atoms with Crippen LogP contribution in [0.25, 0.3) is 0 Å². The second-order valence-electron chi connectivity index (χ2n) is 6.34. The molecule has 0 spiro atoms. The van der Waals surface area contributed by atoms with Gasteiger partial charge < -0.3 is 29.5 Å². The number of ether oxygens (including phenoxy) is 3. The molecule has 3 N–H and O–H groups in total. The van der Waals surface area contributed by atoms with E-state index in [0.29, 0.717) is 23.5 Å². The van der Waals surface area contributed by atoms with Gasteiger partial charge in [0, 0.05) is 29.6 Å². The number of phenolic OH excluding ortho intramolecular Hbond substituents is 2. The zero-order valence-corrected chi connectivity index (χ0v) is 21.7. The number of methoxy groups -OCH3 is 1. The molecule has 1 unspecified atom stereocenters. The first-order valence-corrected chi connectivity index (χ1v) is 10.00. The number of aromatic hydroxyl groups is 2. The van der Waals surface area contributed by atoms with E-state index < -0.39 is 12.3 Å². The molecule has 0 aromatic heterocycles. The average Bonchev–Trinajstić information content (AvgIpc) is 2.81. The van der Waals surface area contributed by atoms with Crippen LogP contribution in [0.5, 0.6) is 17.2 Å². The first-order chi connectivity index (χ1) is 15.8. The number of aliphatic hydroxyl groups excluding tert-OH is 1. The van der Waals surface area contributed by atoms with Crippen LogP contribution in [0.3, 0.4) is 0 Å². The normalized spacial score (nSPS) is 10.0. The van der Waals surface area contributed by atoms with Crippen LogP contribution in [0.4, 0.5) is 0 Å². The Hall–Kier alpha value is -3.04. The van der Waals surface area contributed by atoms with Crippen LogP contribution in [0.1, 0.15) is 34.6 Å². The maximum Gasteiger partial charge on any atom is 0.338 e. The summed E-state index contributed by atoms with van der Waals surface area (Å²) in [5, 5.41) is 26.6. The fraction of sp³-hybridized carbons (Fsp3) is 0.200. The zero-order valence-electron chi connectivity index (χ0n) is 19.7. The molecule has 0 aliphatic heterocycles. The molecule has 9 heteroatoms. The molecule has 0 amide bonds. The number of aliphatic hydroxyl groups is 1. The average molecular weight is 479 g/mol. The summed E-state index contributed by atoms with van der Waals surface area (Å²) in [5.74, 6) is 0.209. The summed E-state index contributed by atoms with van der Waals surface area (Å²) in [4.78, 5) is 21.9. The molecule has 8 nitrogen and oxygen atoms in total. The van der Waals surface area contributed by atoms with E-state index in [0.717, 1.165) is 0 Å². The van der Waals surface area contributed by atoms with Gasteiger partial charge in [-0.2, -0.15) is 0 Å². The topological polar surface area (TPSA) is 123 Å². The molecule has 0 saturated carbocycles. The fourth-order valence-corrected chi connectivity index (χ4v) is 2.22. The van der Waals surface area contributed by atoms with Crippen molar-refractivity contribution in [1.82, 2.24) is 0 Å². The van der Waals surface area contributed by atoms with Gasteiger partial charge in [-0.3, -0.25) is 0 Å². The molecule has 3 aromatic carbocycles. The summed E-state index contributed by atoms with van der Waals surface area (Å²) in [6, 6.07) is 21.0. The Morgan fingerprint density at radius 1 is 0.794 bits per heavy atom. The first-order valence-electron chi connectivity index (χ1n) is 10.00. The maximum atomic E-state index is 11.1. The Balaban J connectivity index is 0.000000475. The number of phenols is 2. The summed E-state index contributed by atoms with van der Waals surface area (Å²) in [6.45, 7) is 3.69. The van der Waals surface area contributed by atoms with Gasteiger partial charge in [0.05, 0.1) is 24.8 Å². The van der Waals surface area contributed by atoms with Crippen LogP contribution in [0, 0.1) is 0 Å². The number of esters is 2. The largest absolute Gasteiger partial charge is 0.508 e. The number of rotatable bonds is 5. The van der Waals surface area contributed by atoms with Gasteiger partial charge in [-0.25, -0.2) is 9.59 Å². The number of hydrogen-bond acceptors (Lipinski definition) is 8. The molecule has 0 saturated heterocycles. The van der Waals surface area contributed by atoms with Crippen LogP contribution >= 0.6 is 0 Å². The minimum atomic E-state index is -0.734. The molecular formula is C25H28NaO8. The third kappa shape index (κ3) is 12.9. The number of hydrogen-bond donors (Lipinski definition) is 3. The Kier molecular flexibility index (Phi) is 15.9. The van der Waals surface area contributed by atoms with Crippen molar-refractivity contribution < 1.29 is 39.1 Å². The van der Waals surface area contributed by atoms with Gasteiger partial charge in [-0.05, 0) is 74.5 Å². The smallest absolute Gasteiger partial charge is 0.338 e. The molecular weight excluding hydrogens is 451 g/mol. The Morgan fingerprint density at radius 3 is 1.62 bits per heavy atom. The van der Waals surface area contributed by atoms with Crippen LogP contribution in [0.15, 0.2) is 78.9 Å². The van der Waals surface area contributed by atoms with E-state index >= 15 is 0 Å². The minimum absolute atomic E-state index is 0. The Morgan fingerprint density at radius 2 is 1.24 bits per heavy atom. The first kappa shape index (κ1) is 31.0. The van der Waals surface area contributed by atoms with Crippen molar-refractivity contribution >= 4 is 41.5 Å². The predicted octanol–water partition coefficient (Wildman–Crippen LogP) is 3.77. The van der Waals surface area contributed by atoms with Gasteiger partial charge >= 0.3 is 11.9 Å². The summed E-state index contributed by atoms with van der Waals surface area (Å²) in [5.41, 5.74) is 0.889. The molecule has 0 aliphatic rings. The molecule has 34 heavy (non-hydrogen) atoms. The van der Waals surface area contributed by atoms with Gasteiger partial charge in [0.25, 0.3) is 0 Å². The molecule has 0 aliphatic carbocycles. The van der Waals surface area contributed by atoms with Gasteiger partial charge in [-0.1, -0.05) is 18.2 Å². The van der Waals surface area contributed by atoms with Crippen LogP contribution in [0.2, 0.25) is 0 Å². The van der Waals surface area contributed by atoms with Crippen molar-refractivity contribution in [2.45, 2.75) is 20.1 Å². The van der Waals surface area contributed by atoms with E-state index in [9.17, 15) is 9.59 Å². The van der Waals surface area contributed by atoms with Gasteiger partial charge in [0.1, 0.15) is 17.2 Å². The van der Waals surface area contributed by atoms with Crippen LogP contribution in [-0.4, -0.2) is 76.8 Å². The standard InChI is InChI=1S/C9H10O3.C8H8O3.C8H10O2.Na/c1-2-12-9(11)7-3-5-8(10)6-4-7;1-11-8(10)6-2-4-7(9)5-3-6;1-7(9)10-8-5-3-2-4-6-8;/h3-6,10H,2H2,1H3;2-5,9H,1H3;2-7,9H,1H3;. The van der Waals surface area contributed by atoms with E-state index in [4.69, 9.17) is 24.8 Å². The maximum absolute atomic E-state index is 11.1. The van der Waals surface area contributed by atoms with E-state index in [1.54, 1.807) is 26.0 Å². The second kappa shape index (κ2) is 17.4. The minimum Gasteiger partial charge on any atom is -0.508 e. The zero-order chi connectivity index (χ0) is 24.6. The summed E-state index contributed by atoms with van der Waals surface area (Å²) in [6.07, 6.45) is -0.734. The Bertz CT molecular complexity index is 958. The van der Waals surface area contributed by atoms with E-state index in [1.807, 2.05) is 18.2 Å². The van der Waals surface area contributed by atoms with E-state index in [-0.39, 0.29) is 47.0 Å². The van der Waals surface area contributed by atoms with Gasteiger partial charge in [0.15, 0.2) is 6.29 Å². The number of benzene rings is 3. The molecule has 177 valence electrons. The van der Waals surface area contributed by atoms with Crippen molar-refractivity contribution in [3.63, 3.8) is 0 Å². The van der Waals surface area contributed by atoms with E-state index in [1.165, 1.54) is 55.6 Å².